The lowest BCUT2D eigenvalue weighted by Gasteiger charge is -1.88. The predicted octanol–water partition coefficient (Wildman–Crippen LogP) is 1.30. The number of nitrogens with zero attached hydrogens (tertiary/aromatic N) is 2. The van der Waals surface area contributed by atoms with Crippen LogP contribution in [0, 0.1) is 23.2 Å². The number of carbonyl (C=O) groups is 1. The molecule has 0 aliphatic carbocycles. The average molecular weight is 219 g/mol. The van der Waals surface area contributed by atoms with Crippen LogP contribution in [0.25, 0.3) is 0 Å². The van der Waals surface area contributed by atoms with Crippen molar-refractivity contribution in [1.29, 1.82) is 5.26 Å². The summed E-state index contributed by atoms with van der Waals surface area (Å²) in [5.74, 6) is 6.39. The van der Waals surface area contributed by atoms with Crippen molar-refractivity contribution in [3.63, 3.8) is 0 Å². The predicted molar refractivity (Wildman–Crippen MR) is 57.9 cm³/mol. The van der Waals surface area contributed by atoms with E-state index in [2.05, 4.69) is 22.0 Å². The van der Waals surface area contributed by atoms with Gasteiger partial charge in [-0.3, -0.25) is 9.89 Å². The minimum atomic E-state index is 0.0952. The third kappa shape index (κ3) is 3.88. The summed E-state index contributed by atoms with van der Waals surface area (Å²) >= 11 is 1.25. The minimum Gasteiger partial charge on any atom is -0.288 e. The summed E-state index contributed by atoms with van der Waals surface area (Å²) in [7, 11) is 0. The molecule has 1 heterocycles. The maximum Gasteiger partial charge on any atom is 0.185 e. The molecular formula is C10H9N3OS. The molecule has 5 heteroatoms. The van der Waals surface area contributed by atoms with Crippen LogP contribution in [0.3, 0.4) is 0 Å². The third-order valence-corrected chi connectivity index (χ3v) is 2.32. The molecule has 0 spiro atoms. The Morgan fingerprint density at radius 2 is 2.53 bits per heavy atom. The van der Waals surface area contributed by atoms with Gasteiger partial charge >= 0.3 is 0 Å². The molecule has 0 saturated heterocycles. The van der Waals surface area contributed by atoms with Crippen LogP contribution in [0.1, 0.15) is 24.6 Å². The third-order valence-electron chi connectivity index (χ3n) is 1.51. The van der Waals surface area contributed by atoms with Crippen molar-refractivity contribution >= 4 is 16.9 Å². The van der Waals surface area contributed by atoms with Gasteiger partial charge in [-0.15, -0.1) is 0 Å². The molecule has 0 radical (unpaired) electrons. The first-order valence-corrected chi connectivity index (χ1v) is 5.28. The van der Waals surface area contributed by atoms with Gasteiger partial charge in [-0.1, -0.05) is 23.6 Å². The quantitative estimate of drug-likeness (QED) is 0.601. The molecule has 0 bridgehead atoms. The fourth-order valence-corrected chi connectivity index (χ4v) is 1.36. The van der Waals surface area contributed by atoms with E-state index in [1.807, 2.05) is 6.07 Å². The molecule has 0 atom stereocenters. The monoisotopic (exact) mass is 219 g/mol. The number of carbonyl (C=O) groups excluding carboxylic acids is 1. The first-order chi connectivity index (χ1) is 7.24. The maximum absolute atomic E-state index is 10.6. The van der Waals surface area contributed by atoms with E-state index in [0.29, 0.717) is 23.4 Å². The van der Waals surface area contributed by atoms with Crippen molar-refractivity contribution in [2.45, 2.75) is 13.3 Å². The van der Waals surface area contributed by atoms with E-state index in [-0.39, 0.29) is 5.12 Å². The van der Waals surface area contributed by atoms with E-state index >= 15 is 0 Å². The lowest BCUT2D eigenvalue weighted by atomic mass is 10.2. The smallest absolute Gasteiger partial charge is 0.185 e. The van der Waals surface area contributed by atoms with Crippen molar-refractivity contribution in [2.75, 3.05) is 5.75 Å². The van der Waals surface area contributed by atoms with Crippen LogP contribution in [-0.4, -0.2) is 21.1 Å². The lowest BCUT2D eigenvalue weighted by molar-refractivity contribution is -0.109. The molecule has 4 nitrogen and oxygen atoms in total. The summed E-state index contributed by atoms with van der Waals surface area (Å²) in [5.41, 5.74) is 0.979. The molecule has 0 aliphatic heterocycles. The number of H-pyrrole nitrogens is 1. The lowest BCUT2D eigenvalue weighted by Crippen LogP contribution is -1.84. The molecular weight excluding hydrogens is 210 g/mol. The SMILES string of the molecule is CC(=O)SCCC#Cc1cn[nH]c1C#N. The Hall–Kier alpha value is -1.72. The Balaban J connectivity index is 2.45. The zero-order valence-corrected chi connectivity index (χ0v) is 9.02. The molecule has 15 heavy (non-hydrogen) atoms. The van der Waals surface area contributed by atoms with Crippen LogP contribution < -0.4 is 0 Å². The van der Waals surface area contributed by atoms with Gasteiger partial charge in [-0.25, -0.2) is 0 Å². The summed E-state index contributed by atoms with van der Waals surface area (Å²) < 4.78 is 0. The molecule has 1 aromatic heterocycles. The molecule has 0 aromatic carbocycles. The molecule has 0 fully saturated rings. The fraction of sp³-hybridized carbons (Fsp3) is 0.300. The number of nitrogens with one attached hydrogen (secondary N) is 1. The van der Waals surface area contributed by atoms with Gasteiger partial charge in [0.05, 0.1) is 11.8 Å². The van der Waals surface area contributed by atoms with Gasteiger partial charge in [-0.05, 0) is 0 Å². The molecule has 0 unspecified atom stereocenters. The number of nitriles is 1. The van der Waals surface area contributed by atoms with Gasteiger partial charge in [0.1, 0.15) is 6.07 Å². The normalized spacial score (nSPS) is 8.80. The van der Waals surface area contributed by atoms with Crippen molar-refractivity contribution in [2.24, 2.45) is 0 Å². The summed E-state index contributed by atoms with van der Waals surface area (Å²) in [4.78, 5) is 10.6. The Morgan fingerprint density at radius 3 is 3.20 bits per heavy atom. The second kappa shape index (κ2) is 5.90. The molecule has 76 valence electrons. The number of hydrogen-bond donors (Lipinski definition) is 1. The zero-order chi connectivity index (χ0) is 11.1. The van der Waals surface area contributed by atoms with Crippen LogP contribution in [0.15, 0.2) is 6.20 Å². The number of aromatic nitrogens is 2. The van der Waals surface area contributed by atoms with Crippen LogP contribution >= 0.6 is 11.8 Å². The van der Waals surface area contributed by atoms with Crippen molar-refractivity contribution < 1.29 is 4.79 Å². The van der Waals surface area contributed by atoms with E-state index in [9.17, 15) is 4.79 Å². The van der Waals surface area contributed by atoms with Gasteiger partial charge in [0.15, 0.2) is 10.8 Å². The first-order valence-electron chi connectivity index (χ1n) is 4.29. The Labute approximate surface area is 92.1 Å². The number of hydrogen-bond acceptors (Lipinski definition) is 4. The second-order valence-electron chi connectivity index (χ2n) is 2.66. The largest absolute Gasteiger partial charge is 0.288 e. The summed E-state index contributed by atoms with van der Waals surface area (Å²) in [6, 6.07) is 1.95. The van der Waals surface area contributed by atoms with E-state index in [4.69, 9.17) is 5.26 Å². The number of thioether (sulfide) groups is 1. The van der Waals surface area contributed by atoms with Crippen LogP contribution in [0.5, 0.6) is 0 Å². The van der Waals surface area contributed by atoms with E-state index in [0.717, 1.165) is 0 Å². The number of rotatable bonds is 2. The standard InChI is InChI=1S/C10H9N3OS/c1-8(14)15-5-3-2-4-9-7-12-13-10(9)6-11/h7H,3,5H2,1H3,(H,12,13). The summed E-state index contributed by atoms with van der Waals surface area (Å²) in [6.45, 7) is 1.53. The maximum atomic E-state index is 10.6. The second-order valence-corrected chi connectivity index (χ2v) is 3.93. The van der Waals surface area contributed by atoms with Crippen molar-refractivity contribution in [3.8, 4) is 17.9 Å². The first kappa shape index (κ1) is 11.4. The summed E-state index contributed by atoms with van der Waals surface area (Å²) in [6.07, 6.45) is 2.14. The molecule has 1 rings (SSSR count). The van der Waals surface area contributed by atoms with Gasteiger partial charge in [0.25, 0.3) is 0 Å². The molecule has 1 aromatic rings. The Morgan fingerprint density at radius 1 is 1.73 bits per heavy atom. The fourth-order valence-electron chi connectivity index (χ4n) is 0.870. The highest BCUT2D eigenvalue weighted by molar-refractivity contribution is 8.13. The van der Waals surface area contributed by atoms with Gasteiger partial charge in [0, 0.05) is 19.1 Å². The van der Waals surface area contributed by atoms with E-state index in [1.165, 1.54) is 24.9 Å². The topological polar surface area (TPSA) is 69.5 Å². The van der Waals surface area contributed by atoms with E-state index < -0.39 is 0 Å². The highest BCUT2D eigenvalue weighted by Gasteiger charge is 1.98. The summed E-state index contributed by atoms with van der Waals surface area (Å²) in [5, 5.41) is 15.0. The molecule has 0 saturated carbocycles. The highest BCUT2D eigenvalue weighted by atomic mass is 32.2. The van der Waals surface area contributed by atoms with E-state index in [1.54, 1.807) is 0 Å². The highest BCUT2D eigenvalue weighted by Crippen LogP contribution is 2.03. The van der Waals surface area contributed by atoms with Crippen molar-refractivity contribution in [3.05, 3.63) is 17.5 Å². The van der Waals surface area contributed by atoms with Gasteiger partial charge < -0.3 is 0 Å². The zero-order valence-electron chi connectivity index (χ0n) is 8.20. The number of aromatic amines is 1. The molecule has 0 amide bonds. The average Bonchev–Trinajstić information content (AvgIpc) is 2.64. The van der Waals surface area contributed by atoms with Crippen LogP contribution in [-0.2, 0) is 4.79 Å². The Kier molecular flexibility index (Phi) is 4.46. The van der Waals surface area contributed by atoms with Gasteiger partial charge in [0.2, 0.25) is 0 Å². The molecule has 0 aliphatic rings. The van der Waals surface area contributed by atoms with Gasteiger partial charge in [-0.2, -0.15) is 10.4 Å². The van der Waals surface area contributed by atoms with Crippen LogP contribution in [0.4, 0.5) is 0 Å². The minimum absolute atomic E-state index is 0.0952. The molecule has 1 N–H and O–H groups in total. The van der Waals surface area contributed by atoms with Crippen molar-refractivity contribution in [1.82, 2.24) is 10.2 Å². The van der Waals surface area contributed by atoms with Crippen LogP contribution in [0.2, 0.25) is 0 Å². The Bertz CT molecular complexity index is 447.